The van der Waals surface area contributed by atoms with Gasteiger partial charge in [0, 0.05) is 48.5 Å². The number of thiazole rings is 1. The molecule has 3 aliphatic rings. The van der Waals surface area contributed by atoms with Crippen LogP contribution in [0.4, 0.5) is 0 Å². The molecule has 1 saturated carbocycles. The molecule has 6 atom stereocenters. The van der Waals surface area contributed by atoms with Crippen molar-refractivity contribution in [1.29, 1.82) is 0 Å². The molecule has 1 aromatic carbocycles. The van der Waals surface area contributed by atoms with Gasteiger partial charge in [0.25, 0.3) is 0 Å². The standard InChI is InChI=1S/C28H39N3O3S/c1-18(26(33)29-11-12-31-13-15-34-16-14-31)21-9-10-28(3)17-22-24(19(2)23(28)25(21)32)30-27(35-22)20-7-5-4-6-8-20/h4-8,18-19,21,23,25,32H,9-17H2,1-3H3,(H,29,33)/t18-,19-,21-,23+,25-,28-/m0/s1. The predicted octanol–water partition coefficient (Wildman–Crippen LogP) is 3.95. The van der Waals surface area contributed by atoms with Crippen molar-refractivity contribution in [2.24, 2.45) is 23.2 Å². The molecule has 2 aliphatic carbocycles. The Morgan fingerprint density at radius 1 is 1.31 bits per heavy atom. The number of ether oxygens (including phenoxy) is 1. The number of amides is 1. The van der Waals surface area contributed by atoms with Gasteiger partial charge in [0.15, 0.2) is 0 Å². The fourth-order valence-electron chi connectivity index (χ4n) is 6.77. The summed E-state index contributed by atoms with van der Waals surface area (Å²) < 4.78 is 5.40. The van der Waals surface area contributed by atoms with E-state index in [-0.39, 0.29) is 35.0 Å². The number of hydrogen-bond acceptors (Lipinski definition) is 6. The average molecular weight is 498 g/mol. The van der Waals surface area contributed by atoms with Crippen molar-refractivity contribution in [2.45, 2.75) is 52.1 Å². The molecule has 35 heavy (non-hydrogen) atoms. The number of carbonyl (C=O) groups excluding carboxylic acids is 1. The van der Waals surface area contributed by atoms with Gasteiger partial charge in [-0.05, 0) is 36.5 Å². The summed E-state index contributed by atoms with van der Waals surface area (Å²) in [6.07, 6.45) is 2.39. The molecule has 5 rings (SSSR count). The van der Waals surface area contributed by atoms with Crippen molar-refractivity contribution in [3.05, 3.63) is 40.9 Å². The van der Waals surface area contributed by atoms with E-state index in [1.54, 1.807) is 0 Å². The summed E-state index contributed by atoms with van der Waals surface area (Å²) in [7, 11) is 0. The third-order valence-corrected chi connectivity index (χ3v) is 9.95. The Bertz CT molecular complexity index is 1020. The van der Waals surface area contributed by atoms with Crippen LogP contribution >= 0.6 is 11.3 Å². The molecule has 1 aromatic heterocycles. The largest absolute Gasteiger partial charge is 0.392 e. The van der Waals surface area contributed by atoms with Gasteiger partial charge in [-0.2, -0.15) is 0 Å². The molecule has 0 bridgehead atoms. The maximum Gasteiger partial charge on any atom is 0.223 e. The van der Waals surface area contributed by atoms with E-state index in [9.17, 15) is 9.90 Å². The summed E-state index contributed by atoms with van der Waals surface area (Å²) in [5.74, 6) is 0.126. The first kappa shape index (κ1) is 24.9. The van der Waals surface area contributed by atoms with Gasteiger partial charge in [0.1, 0.15) is 5.01 Å². The predicted molar refractivity (Wildman–Crippen MR) is 139 cm³/mol. The third kappa shape index (κ3) is 4.93. The fraction of sp³-hybridized carbons (Fsp3) is 0.643. The van der Waals surface area contributed by atoms with Gasteiger partial charge in [-0.1, -0.05) is 51.1 Å². The smallest absolute Gasteiger partial charge is 0.223 e. The van der Waals surface area contributed by atoms with Crippen molar-refractivity contribution in [3.8, 4) is 10.6 Å². The van der Waals surface area contributed by atoms with Gasteiger partial charge in [0.2, 0.25) is 5.91 Å². The van der Waals surface area contributed by atoms with Crippen molar-refractivity contribution >= 4 is 17.2 Å². The summed E-state index contributed by atoms with van der Waals surface area (Å²) in [6.45, 7) is 11.5. The van der Waals surface area contributed by atoms with E-state index in [2.05, 4.69) is 48.3 Å². The number of aliphatic hydroxyl groups is 1. The van der Waals surface area contributed by atoms with E-state index >= 15 is 0 Å². The third-order valence-electron chi connectivity index (χ3n) is 8.83. The number of nitrogens with one attached hydrogen (secondary N) is 1. The molecule has 2 aromatic rings. The van der Waals surface area contributed by atoms with E-state index in [1.165, 1.54) is 4.88 Å². The Kier molecular flexibility index (Phi) is 7.31. The van der Waals surface area contributed by atoms with Gasteiger partial charge in [-0.15, -0.1) is 11.3 Å². The van der Waals surface area contributed by atoms with Crippen LogP contribution < -0.4 is 5.32 Å². The molecule has 0 spiro atoms. The summed E-state index contributed by atoms with van der Waals surface area (Å²) in [6, 6.07) is 10.4. The molecule has 7 heteroatoms. The highest BCUT2D eigenvalue weighted by Crippen LogP contribution is 2.57. The van der Waals surface area contributed by atoms with Crippen LogP contribution in [0.15, 0.2) is 30.3 Å². The van der Waals surface area contributed by atoms with Crippen LogP contribution in [0.1, 0.15) is 50.1 Å². The lowest BCUT2D eigenvalue weighted by Crippen LogP contribution is -2.53. The average Bonchev–Trinajstić information content (AvgIpc) is 3.29. The van der Waals surface area contributed by atoms with E-state index < -0.39 is 6.10 Å². The van der Waals surface area contributed by atoms with E-state index in [1.807, 2.05) is 24.3 Å². The van der Waals surface area contributed by atoms with Gasteiger partial charge < -0.3 is 15.2 Å². The summed E-state index contributed by atoms with van der Waals surface area (Å²) >= 11 is 1.81. The highest BCUT2D eigenvalue weighted by molar-refractivity contribution is 7.15. The van der Waals surface area contributed by atoms with Gasteiger partial charge >= 0.3 is 0 Å². The Morgan fingerprint density at radius 2 is 2.06 bits per heavy atom. The van der Waals surface area contributed by atoms with Crippen LogP contribution in [0.25, 0.3) is 10.6 Å². The second-order valence-electron chi connectivity index (χ2n) is 11.1. The number of aliphatic hydroxyl groups excluding tert-OH is 1. The van der Waals surface area contributed by atoms with Crippen LogP contribution in [-0.4, -0.2) is 66.4 Å². The number of rotatable bonds is 6. The first-order chi connectivity index (χ1) is 16.9. The number of nitrogens with zero attached hydrogens (tertiary/aromatic N) is 2. The second kappa shape index (κ2) is 10.3. The number of carbonyl (C=O) groups is 1. The van der Waals surface area contributed by atoms with Crippen molar-refractivity contribution in [1.82, 2.24) is 15.2 Å². The molecule has 2 heterocycles. The van der Waals surface area contributed by atoms with Gasteiger partial charge in [0.05, 0.1) is 25.0 Å². The van der Waals surface area contributed by atoms with Crippen LogP contribution in [0.3, 0.4) is 0 Å². The molecule has 1 aliphatic heterocycles. The first-order valence-electron chi connectivity index (χ1n) is 13.2. The quantitative estimate of drug-likeness (QED) is 0.632. The number of hydrogen-bond donors (Lipinski definition) is 2. The first-order valence-corrected chi connectivity index (χ1v) is 14.0. The summed E-state index contributed by atoms with van der Waals surface area (Å²) in [4.78, 5) is 21.8. The van der Waals surface area contributed by atoms with Crippen LogP contribution in [0.5, 0.6) is 0 Å². The molecule has 6 nitrogen and oxygen atoms in total. The number of benzene rings is 1. The monoisotopic (exact) mass is 497 g/mol. The maximum atomic E-state index is 13.0. The summed E-state index contributed by atoms with van der Waals surface area (Å²) in [5, 5.41) is 15.9. The Balaban J connectivity index is 1.27. The van der Waals surface area contributed by atoms with Crippen LogP contribution in [0.2, 0.25) is 0 Å². The number of fused-ring (bicyclic) bond motifs is 2. The maximum absolute atomic E-state index is 13.0. The van der Waals surface area contributed by atoms with Crippen molar-refractivity contribution in [3.63, 3.8) is 0 Å². The van der Waals surface area contributed by atoms with Crippen LogP contribution in [-0.2, 0) is 16.0 Å². The lowest BCUT2D eigenvalue weighted by atomic mass is 9.53. The summed E-state index contributed by atoms with van der Waals surface area (Å²) in [5.41, 5.74) is 2.35. The molecule has 0 radical (unpaired) electrons. The molecule has 1 saturated heterocycles. The normalized spacial score (nSPS) is 31.9. The SMILES string of the molecule is C[C@H](C(=O)NCCN1CCOCC1)[C@@H]1CC[C@@]2(C)Cc3sc(-c4ccccc4)nc3[C@@H](C)[C@@H]2[C@H]1O. The van der Waals surface area contributed by atoms with Gasteiger partial charge in [-0.3, -0.25) is 9.69 Å². The molecule has 0 unspecified atom stereocenters. The van der Waals surface area contributed by atoms with Crippen LogP contribution in [0, 0.1) is 23.2 Å². The molecule has 190 valence electrons. The molecular weight excluding hydrogens is 458 g/mol. The van der Waals surface area contributed by atoms with E-state index in [0.29, 0.717) is 6.54 Å². The van der Waals surface area contributed by atoms with E-state index in [0.717, 1.165) is 68.4 Å². The molecule has 1 amide bonds. The highest BCUT2D eigenvalue weighted by Gasteiger charge is 2.53. The number of aromatic nitrogens is 1. The molecule has 2 fully saturated rings. The zero-order chi connectivity index (χ0) is 24.6. The highest BCUT2D eigenvalue weighted by atomic mass is 32.1. The lowest BCUT2D eigenvalue weighted by molar-refractivity contribution is -0.134. The zero-order valence-electron chi connectivity index (χ0n) is 21.2. The molecule has 2 N–H and O–H groups in total. The van der Waals surface area contributed by atoms with Crippen molar-refractivity contribution in [2.75, 3.05) is 39.4 Å². The number of morpholine rings is 1. The Morgan fingerprint density at radius 3 is 2.80 bits per heavy atom. The lowest BCUT2D eigenvalue weighted by Gasteiger charge is -2.53. The van der Waals surface area contributed by atoms with Gasteiger partial charge in [-0.25, -0.2) is 4.98 Å². The van der Waals surface area contributed by atoms with E-state index in [4.69, 9.17) is 9.72 Å². The molecular formula is C28H39N3O3S. The Labute approximate surface area is 213 Å². The second-order valence-corrected chi connectivity index (χ2v) is 12.1. The minimum Gasteiger partial charge on any atom is -0.392 e. The zero-order valence-corrected chi connectivity index (χ0v) is 22.0. The minimum absolute atomic E-state index is 0.0207. The van der Waals surface area contributed by atoms with Crippen molar-refractivity contribution < 1.29 is 14.6 Å². The Hall–Kier alpha value is -1.80. The minimum atomic E-state index is -0.501. The fourth-order valence-corrected chi connectivity index (χ4v) is 8.14. The topological polar surface area (TPSA) is 74.7 Å².